The number of H-pyrrole nitrogens is 1. The highest BCUT2D eigenvalue weighted by Crippen LogP contribution is 2.52. The maximum absolute atomic E-state index is 13.9. The predicted molar refractivity (Wildman–Crippen MR) is 167 cm³/mol. The molecule has 2 bridgehead atoms. The molecule has 3 aliphatic carbocycles. The molecule has 43 heavy (non-hydrogen) atoms. The summed E-state index contributed by atoms with van der Waals surface area (Å²) in [6, 6.07) is 12.9. The van der Waals surface area contributed by atoms with Crippen LogP contribution in [0, 0.1) is 24.2 Å². The molecule has 7 heteroatoms. The Balaban J connectivity index is 1.13. The molecule has 0 radical (unpaired) electrons. The van der Waals surface area contributed by atoms with Gasteiger partial charge in [0.25, 0.3) is 0 Å². The number of aryl methyl sites for hydroxylation is 1. The average molecular weight is 581 g/mol. The van der Waals surface area contributed by atoms with E-state index in [4.69, 9.17) is 9.72 Å². The Hall–Kier alpha value is -3.61. The fourth-order valence-corrected chi connectivity index (χ4v) is 8.80. The van der Waals surface area contributed by atoms with E-state index in [-0.39, 0.29) is 23.9 Å². The number of ether oxygens (including phenoxy) is 1. The number of carbonyl (C=O) groups excluding carboxylic acids is 2. The van der Waals surface area contributed by atoms with Crippen molar-refractivity contribution in [3.63, 3.8) is 0 Å². The van der Waals surface area contributed by atoms with E-state index in [2.05, 4.69) is 53.6 Å². The zero-order valence-corrected chi connectivity index (χ0v) is 25.9. The number of aromatic nitrogens is 2. The minimum absolute atomic E-state index is 0.0510. The van der Waals surface area contributed by atoms with Gasteiger partial charge in [-0.25, -0.2) is 9.78 Å². The van der Waals surface area contributed by atoms with E-state index in [1.54, 1.807) is 11.1 Å². The summed E-state index contributed by atoms with van der Waals surface area (Å²) in [5.41, 5.74) is 9.81. The number of piperidine rings is 1. The largest absolute Gasteiger partial charge is 0.453 e. The molecular formula is C36H44N4O3. The zero-order valence-electron chi connectivity index (χ0n) is 25.9. The zero-order chi connectivity index (χ0) is 29.9. The van der Waals surface area contributed by atoms with Crippen LogP contribution in [0.15, 0.2) is 42.6 Å². The third-order valence-corrected chi connectivity index (χ3v) is 11.0. The van der Waals surface area contributed by atoms with Crippen LogP contribution in [0.4, 0.5) is 4.79 Å². The molecule has 7 rings (SSSR count). The number of amides is 2. The molecule has 3 aromatic rings. The van der Waals surface area contributed by atoms with Gasteiger partial charge in [-0.3, -0.25) is 4.79 Å². The quantitative estimate of drug-likeness (QED) is 0.324. The van der Waals surface area contributed by atoms with E-state index in [0.717, 1.165) is 36.3 Å². The molecule has 2 aromatic carbocycles. The van der Waals surface area contributed by atoms with E-state index in [1.807, 2.05) is 24.9 Å². The molecule has 1 aromatic heterocycles. The number of alkyl carbamates (subject to hydrolysis) is 1. The lowest BCUT2D eigenvalue weighted by molar-refractivity contribution is -0.139. The van der Waals surface area contributed by atoms with Crippen LogP contribution in [0.25, 0.3) is 22.4 Å². The molecule has 4 atom stereocenters. The molecule has 3 fully saturated rings. The van der Waals surface area contributed by atoms with Crippen LogP contribution in [-0.2, 0) is 22.4 Å². The summed E-state index contributed by atoms with van der Waals surface area (Å²) in [5.74, 6) is 1.09. The highest BCUT2D eigenvalue weighted by Gasteiger charge is 2.51. The molecule has 7 nitrogen and oxygen atoms in total. The molecular weight excluding hydrogens is 536 g/mol. The summed E-state index contributed by atoms with van der Waals surface area (Å²) in [5, 5.41) is 2.77. The van der Waals surface area contributed by atoms with Gasteiger partial charge in [0.15, 0.2) is 0 Å². The summed E-state index contributed by atoms with van der Waals surface area (Å²) in [6.45, 7) is 6.18. The van der Waals surface area contributed by atoms with E-state index >= 15 is 0 Å². The van der Waals surface area contributed by atoms with Gasteiger partial charge in [0.05, 0.1) is 25.0 Å². The van der Waals surface area contributed by atoms with Gasteiger partial charge in [-0.15, -0.1) is 0 Å². The molecule has 2 amide bonds. The van der Waals surface area contributed by atoms with Crippen LogP contribution in [-0.4, -0.2) is 46.1 Å². The number of aromatic amines is 1. The van der Waals surface area contributed by atoms with Gasteiger partial charge in [-0.1, -0.05) is 63.1 Å². The van der Waals surface area contributed by atoms with Crippen molar-refractivity contribution >= 4 is 12.0 Å². The van der Waals surface area contributed by atoms with Crippen molar-refractivity contribution in [3.05, 3.63) is 65.1 Å². The topological polar surface area (TPSA) is 87.3 Å². The van der Waals surface area contributed by atoms with Crippen LogP contribution >= 0.6 is 0 Å². The number of fused-ring (bicyclic) bond motifs is 3. The minimum atomic E-state index is -0.636. The van der Waals surface area contributed by atoms with Gasteiger partial charge in [-0.2, -0.15) is 0 Å². The highest BCUT2D eigenvalue weighted by atomic mass is 16.5. The molecule has 2 saturated carbocycles. The van der Waals surface area contributed by atoms with Crippen molar-refractivity contribution in [2.24, 2.45) is 17.3 Å². The van der Waals surface area contributed by atoms with Crippen molar-refractivity contribution in [1.82, 2.24) is 20.2 Å². The van der Waals surface area contributed by atoms with Gasteiger partial charge >= 0.3 is 6.09 Å². The first-order valence-corrected chi connectivity index (χ1v) is 16.2. The van der Waals surface area contributed by atoms with E-state index in [1.165, 1.54) is 62.3 Å². The first kappa shape index (κ1) is 28.2. The number of hydrogen-bond acceptors (Lipinski definition) is 4. The molecule has 2 heterocycles. The molecule has 1 aliphatic heterocycles. The second-order valence-corrected chi connectivity index (χ2v) is 14.0. The summed E-state index contributed by atoms with van der Waals surface area (Å²) in [6.07, 6.45) is 12.3. The van der Waals surface area contributed by atoms with Gasteiger partial charge in [0.1, 0.15) is 11.9 Å². The van der Waals surface area contributed by atoms with Crippen LogP contribution in [0.2, 0.25) is 0 Å². The Morgan fingerprint density at radius 1 is 1.02 bits per heavy atom. The number of nitrogens with zero attached hydrogens (tertiary/aromatic N) is 2. The fraction of sp³-hybridized carbons (Fsp3) is 0.528. The molecule has 226 valence electrons. The van der Waals surface area contributed by atoms with Gasteiger partial charge in [0, 0.05) is 6.04 Å². The van der Waals surface area contributed by atoms with Crippen molar-refractivity contribution in [1.29, 1.82) is 0 Å². The second kappa shape index (κ2) is 10.8. The first-order chi connectivity index (χ1) is 20.8. The molecule has 2 N–H and O–H groups in total. The Bertz CT molecular complexity index is 1530. The summed E-state index contributed by atoms with van der Waals surface area (Å²) in [7, 11) is 1.33. The van der Waals surface area contributed by atoms with Gasteiger partial charge in [-0.05, 0) is 103 Å². The summed E-state index contributed by atoms with van der Waals surface area (Å²) >= 11 is 0. The standard InChI is InChI=1S/C36H44N4O3/c1-21(2)31(39-35(42)43-4)34(41)40-26-13-12-25(17-26)32(40)33-37-20-30(38-33)24-10-8-23(9-11-24)27-14-7-22(3)28-18-36(19-29(27)28)15-5-6-16-36/h7-11,14,20-21,25-26,31-32H,5-6,12-13,15-19H2,1-4H3,(H,37,38)(H,39,42)/t25?,26?,31-,32-/m0/s1. The Morgan fingerprint density at radius 2 is 1.74 bits per heavy atom. The number of rotatable bonds is 6. The van der Waals surface area contributed by atoms with Crippen LogP contribution in [0.3, 0.4) is 0 Å². The monoisotopic (exact) mass is 580 g/mol. The fourth-order valence-electron chi connectivity index (χ4n) is 8.80. The molecule has 1 spiro atoms. The van der Waals surface area contributed by atoms with E-state index in [0.29, 0.717) is 11.3 Å². The first-order valence-electron chi connectivity index (χ1n) is 16.2. The maximum Gasteiger partial charge on any atom is 0.407 e. The Kier molecular flexibility index (Phi) is 7.10. The third kappa shape index (κ3) is 4.85. The Labute approximate surface area is 254 Å². The summed E-state index contributed by atoms with van der Waals surface area (Å²) in [4.78, 5) is 36.3. The predicted octanol–water partition coefficient (Wildman–Crippen LogP) is 7.14. The molecule has 4 aliphatic rings. The number of likely N-dealkylation sites (tertiary alicyclic amines) is 1. The number of methoxy groups -OCH3 is 1. The van der Waals surface area contributed by atoms with Crippen molar-refractivity contribution in [2.45, 2.75) is 96.7 Å². The lowest BCUT2D eigenvalue weighted by Crippen LogP contribution is -2.54. The lowest BCUT2D eigenvalue weighted by Gasteiger charge is -2.37. The molecule has 2 unspecified atom stereocenters. The van der Waals surface area contributed by atoms with Gasteiger partial charge in [0.2, 0.25) is 5.91 Å². The number of benzene rings is 2. The number of hydrogen-bond donors (Lipinski definition) is 2. The second-order valence-electron chi connectivity index (χ2n) is 14.0. The van der Waals surface area contributed by atoms with Gasteiger partial charge < -0.3 is 19.9 Å². The minimum Gasteiger partial charge on any atom is -0.453 e. The average Bonchev–Trinajstić information content (AvgIpc) is 3.85. The van der Waals surface area contributed by atoms with Crippen LogP contribution in [0.5, 0.6) is 0 Å². The third-order valence-electron chi connectivity index (χ3n) is 11.0. The van der Waals surface area contributed by atoms with Crippen molar-refractivity contribution in [2.75, 3.05) is 7.11 Å². The lowest BCUT2D eigenvalue weighted by atomic mass is 9.83. The molecule has 1 saturated heterocycles. The van der Waals surface area contributed by atoms with E-state index in [9.17, 15) is 9.59 Å². The van der Waals surface area contributed by atoms with Crippen molar-refractivity contribution in [3.8, 4) is 22.4 Å². The number of carbonyl (C=O) groups is 2. The summed E-state index contributed by atoms with van der Waals surface area (Å²) < 4.78 is 4.82. The van der Waals surface area contributed by atoms with E-state index < -0.39 is 12.1 Å². The smallest absolute Gasteiger partial charge is 0.407 e. The van der Waals surface area contributed by atoms with Crippen LogP contribution in [0.1, 0.15) is 87.3 Å². The highest BCUT2D eigenvalue weighted by molar-refractivity contribution is 5.87. The van der Waals surface area contributed by atoms with Crippen LogP contribution < -0.4 is 5.32 Å². The Morgan fingerprint density at radius 3 is 2.47 bits per heavy atom. The normalized spacial score (nSPS) is 24.1. The maximum atomic E-state index is 13.9. The number of imidazole rings is 1. The number of nitrogens with one attached hydrogen (secondary N) is 2. The van der Waals surface area contributed by atoms with Crippen molar-refractivity contribution < 1.29 is 14.3 Å². The SMILES string of the molecule is COC(=O)N[C@H](C(=O)N1C2CCC(C2)[C@H]1c1ncc(-c2ccc(-c3ccc(C)c4c3CC3(CCCC3)C4)cc2)[nH]1)C(C)C.